The fourth-order valence-electron chi connectivity index (χ4n) is 2.56. The molecule has 154 valence electrons. The van der Waals surface area contributed by atoms with Gasteiger partial charge in [0.05, 0.1) is 0 Å². The van der Waals surface area contributed by atoms with Crippen molar-refractivity contribution >= 4 is 45.2 Å². The Hall–Kier alpha value is -2.87. The van der Waals surface area contributed by atoms with Crippen molar-refractivity contribution in [3.8, 4) is 5.75 Å². The Labute approximate surface area is 178 Å². The van der Waals surface area contributed by atoms with Gasteiger partial charge in [-0.05, 0) is 60.9 Å². The van der Waals surface area contributed by atoms with Crippen molar-refractivity contribution in [2.24, 2.45) is 5.92 Å². The maximum atomic E-state index is 12.7. The van der Waals surface area contributed by atoms with E-state index in [1.54, 1.807) is 36.4 Å². The summed E-state index contributed by atoms with van der Waals surface area (Å²) in [7, 11) is 0. The minimum Gasteiger partial charge on any atom is -0.427 e. The maximum Gasteiger partial charge on any atom is 0.319 e. The molecule has 1 atom stereocenters. The van der Waals surface area contributed by atoms with E-state index < -0.39 is 18.0 Å². The number of nitrogens with one attached hydrogen (secondary N) is 3. The van der Waals surface area contributed by atoms with Gasteiger partial charge in [0.25, 0.3) is 0 Å². The minimum absolute atomic E-state index is 0.199. The van der Waals surface area contributed by atoms with Gasteiger partial charge in [-0.1, -0.05) is 29.8 Å². The van der Waals surface area contributed by atoms with Crippen molar-refractivity contribution in [2.45, 2.75) is 33.2 Å². The van der Waals surface area contributed by atoms with Crippen molar-refractivity contribution < 1.29 is 19.1 Å². The van der Waals surface area contributed by atoms with Crippen LogP contribution in [0.1, 0.15) is 27.2 Å². The number of ether oxygens (including phenoxy) is 1. The molecule has 0 aliphatic heterocycles. The number of anilines is 2. The van der Waals surface area contributed by atoms with Gasteiger partial charge in [0.2, 0.25) is 5.91 Å². The SMILES string of the molecule is CC(=O)Oc1ccc(NC(=O)[C@H](CC(C)C)NC(=O)Nc2ccc(Br)cc2)cc1. The number of carbonyl (C=O) groups is 3. The second-order valence-corrected chi connectivity index (χ2v) is 7.81. The molecule has 8 heteroatoms. The molecular formula is C21H24BrN3O4. The summed E-state index contributed by atoms with van der Waals surface area (Å²) in [5, 5.41) is 8.22. The van der Waals surface area contributed by atoms with Gasteiger partial charge in [0, 0.05) is 22.8 Å². The van der Waals surface area contributed by atoms with E-state index in [0.717, 1.165) is 4.47 Å². The van der Waals surface area contributed by atoms with Gasteiger partial charge in [-0.3, -0.25) is 9.59 Å². The van der Waals surface area contributed by atoms with Gasteiger partial charge in [0.1, 0.15) is 11.8 Å². The molecule has 0 bridgehead atoms. The fraction of sp³-hybridized carbons (Fsp3) is 0.286. The second-order valence-electron chi connectivity index (χ2n) is 6.89. The highest BCUT2D eigenvalue weighted by Crippen LogP contribution is 2.17. The first kappa shape index (κ1) is 22.4. The third-order valence-electron chi connectivity index (χ3n) is 3.81. The molecule has 2 aromatic rings. The quantitative estimate of drug-likeness (QED) is 0.416. The molecule has 0 heterocycles. The lowest BCUT2D eigenvalue weighted by Crippen LogP contribution is -2.46. The Balaban J connectivity index is 2.00. The third kappa shape index (κ3) is 7.95. The lowest BCUT2D eigenvalue weighted by atomic mass is 10.0. The first-order valence-electron chi connectivity index (χ1n) is 9.15. The number of carbonyl (C=O) groups excluding carboxylic acids is 3. The number of rotatable bonds is 7. The molecule has 3 N–H and O–H groups in total. The third-order valence-corrected chi connectivity index (χ3v) is 4.34. The van der Waals surface area contributed by atoms with Crippen LogP contribution in [0.2, 0.25) is 0 Å². The van der Waals surface area contributed by atoms with E-state index in [1.165, 1.54) is 6.92 Å². The number of esters is 1. The summed E-state index contributed by atoms with van der Waals surface area (Å²) < 4.78 is 5.87. The van der Waals surface area contributed by atoms with Crippen molar-refractivity contribution in [2.75, 3.05) is 10.6 Å². The molecule has 2 aromatic carbocycles. The van der Waals surface area contributed by atoms with E-state index >= 15 is 0 Å². The molecule has 0 fully saturated rings. The van der Waals surface area contributed by atoms with Gasteiger partial charge in [-0.25, -0.2) is 4.79 Å². The molecule has 2 rings (SSSR count). The normalized spacial score (nSPS) is 11.5. The summed E-state index contributed by atoms with van der Waals surface area (Å²) in [5.74, 6) is -0.157. The molecule has 7 nitrogen and oxygen atoms in total. The summed E-state index contributed by atoms with van der Waals surface area (Å²) in [5.41, 5.74) is 1.16. The van der Waals surface area contributed by atoms with Crippen LogP contribution in [0.4, 0.5) is 16.2 Å². The maximum absolute atomic E-state index is 12.7. The Kier molecular flexibility index (Phi) is 8.21. The molecule has 0 saturated carbocycles. The van der Waals surface area contributed by atoms with Crippen LogP contribution in [-0.2, 0) is 9.59 Å². The average molecular weight is 462 g/mol. The average Bonchev–Trinajstić information content (AvgIpc) is 2.64. The number of amides is 3. The van der Waals surface area contributed by atoms with E-state index in [4.69, 9.17) is 4.74 Å². The highest BCUT2D eigenvalue weighted by Gasteiger charge is 2.22. The first-order valence-corrected chi connectivity index (χ1v) is 9.94. The Morgan fingerprint density at radius 1 is 0.931 bits per heavy atom. The second kappa shape index (κ2) is 10.6. The molecule has 0 spiro atoms. The summed E-state index contributed by atoms with van der Waals surface area (Å²) in [6.07, 6.45) is 0.477. The summed E-state index contributed by atoms with van der Waals surface area (Å²) in [4.78, 5) is 36.0. The zero-order chi connectivity index (χ0) is 21.4. The van der Waals surface area contributed by atoms with Gasteiger partial charge < -0.3 is 20.7 Å². The van der Waals surface area contributed by atoms with Crippen molar-refractivity contribution in [3.63, 3.8) is 0 Å². The van der Waals surface area contributed by atoms with Crippen LogP contribution in [0.3, 0.4) is 0 Å². The number of hydrogen-bond acceptors (Lipinski definition) is 4. The number of hydrogen-bond donors (Lipinski definition) is 3. The molecule has 0 aromatic heterocycles. The molecule has 0 aliphatic carbocycles. The monoisotopic (exact) mass is 461 g/mol. The molecule has 0 saturated heterocycles. The molecule has 29 heavy (non-hydrogen) atoms. The fourth-order valence-corrected chi connectivity index (χ4v) is 2.83. The number of urea groups is 1. The molecule has 0 radical (unpaired) electrons. The van der Waals surface area contributed by atoms with Crippen LogP contribution in [0.5, 0.6) is 5.75 Å². The smallest absolute Gasteiger partial charge is 0.319 e. The van der Waals surface area contributed by atoms with Crippen LogP contribution in [0.15, 0.2) is 53.0 Å². The van der Waals surface area contributed by atoms with Crippen LogP contribution < -0.4 is 20.7 Å². The molecule has 3 amide bonds. The standard InChI is InChI=1S/C21H24BrN3O4/c1-13(2)12-19(25-21(28)24-17-6-4-15(22)5-7-17)20(27)23-16-8-10-18(11-9-16)29-14(3)26/h4-11,13,19H,12H2,1-3H3,(H,23,27)(H2,24,25,28)/t19-/m0/s1. The summed E-state index contributed by atoms with van der Waals surface area (Å²) in [6, 6.07) is 12.4. The van der Waals surface area contributed by atoms with Gasteiger partial charge in [0.15, 0.2) is 0 Å². The number of benzene rings is 2. The van der Waals surface area contributed by atoms with E-state index in [2.05, 4.69) is 31.9 Å². The van der Waals surface area contributed by atoms with Gasteiger partial charge in [-0.15, -0.1) is 0 Å². The predicted molar refractivity (Wildman–Crippen MR) is 116 cm³/mol. The van der Waals surface area contributed by atoms with E-state index in [0.29, 0.717) is 23.5 Å². The molecular weight excluding hydrogens is 438 g/mol. The molecule has 0 aliphatic rings. The largest absolute Gasteiger partial charge is 0.427 e. The zero-order valence-corrected chi connectivity index (χ0v) is 18.1. The van der Waals surface area contributed by atoms with E-state index in [1.807, 2.05) is 26.0 Å². The van der Waals surface area contributed by atoms with E-state index in [9.17, 15) is 14.4 Å². The van der Waals surface area contributed by atoms with Gasteiger partial charge >= 0.3 is 12.0 Å². The lowest BCUT2D eigenvalue weighted by molar-refractivity contribution is -0.131. The first-order chi connectivity index (χ1) is 13.7. The summed E-state index contributed by atoms with van der Waals surface area (Å²) >= 11 is 3.34. The van der Waals surface area contributed by atoms with Gasteiger partial charge in [-0.2, -0.15) is 0 Å². The van der Waals surface area contributed by atoms with Crippen molar-refractivity contribution in [3.05, 3.63) is 53.0 Å². The van der Waals surface area contributed by atoms with Crippen molar-refractivity contribution in [1.82, 2.24) is 5.32 Å². The topological polar surface area (TPSA) is 96.5 Å². The Morgan fingerprint density at radius 2 is 1.48 bits per heavy atom. The highest BCUT2D eigenvalue weighted by atomic mass is 79.9. The molecule has 0 unspecified atom stereocenters. The van der Waals surface area contributed by atoms with Crippen molar-refractivity contribution in [1.29, 1.82) is 0 Å². The van der Waals surface area contributed by atoms with Crippen LogP contribution in [0, 0.1) is 5.92 Å². The minimum atomic E-state index is -0.710. The van der Waals surface area contributed by atoms with Crippen LogP contribution >= 0.6 is 15.9 Å². The Bertz CT molecular complexity index is 851. The van der Waals surface area contributed by atoms with Crippen LogP contribution in [0.25, 0.3) is 0 Å². The Morgan fingerprint density at radius 3 is 2.03 bits per heavy atom. The van der Waals surface area contributed by atoms with Crippen LogP contribution in [-0.4, -0.2) is 23.9 Å². The number of halogens is 1. The lowest BCUT2D eigenvalue weighted by Gasteiger charge is -2.20. The summed E-state index contributed by atoms with van der Waals surface area (Å²) in [6.45, 7) is 5.27. The van der Waals surface area contributed by atoms with E-state index in [-0.39, 0.29) is 11.8 Å². The zero-order valence-electron chi connectivity index (χ0n) is 16.5. The highest BCUT2D eigenvalue weighted by molar-refractivity contribution is 9.10. The predicted octanol–water partition coefficient (Wildman–Crippen LogP) is 4.55.